The first-order valence-corrected chi connectivity index (χ1v) is 12.9. The molecular formula is C27H39N5O5. The summed E-state index contributed by atoms with van der Waals surface area (Å²) in [5, 5.41) is 5.53. The van der Waals surface area contributed by atoms with Crippen molar-refractivity contribution in [3.63, 3.8) is 0 Å². The lowest BCUT2D eigenvalue weighted by atomic mass is 10.0. The van der Waals surface area contributed by atoms with Gasteiger partial charge in [-0.25, -0.2) is 0 Å². The Morgan fingerprint density at radius 1 is 1.00 bits per heavy atom. The van der Waals surface area contributed by atoms with E-state index in [4.69, 9.17) is 0 Å². The molecule has 0 aromatic heterocycles. The molecule has 2 N–H and O–H groups in total. The third-order valence-corrected chi connectivity index (χ3v) is 7.03. The molecule has 2 heterocycles. The van der Waals surface area contributed by atoms with E-state index in [0.29, 0.717) is 31.4 Å². The Hall–Kier alpha value is -3.43. The van der Waals surface area contributed by atoms with Gasteiger partial charge in [-0.1, -0.05) is 20.8 Å². The first-order chi connectivity index (χ1) is 17.4. The number of nitrogens with zero attached hydrogens (tertiary/aromatic N) is 3. The Kier molecular flexibility index (Phi) is 8.94. The maximum absolute atomic E-state index is 13.7. The number of nitrogens with one attached hydrogen (secondary N) is 2. The van der Waals surface area contributed by atoms with Gasteiger partial charge in [-0.3, -0.25) is 24.0 Å². The fourth-order valence-electron chi connectivity index (χ4n) is 5.19. The number of ketones is 1. The Labute approximate surface area is 218 Å². The third-order valence-electron chi connectivity index (χ3n) is 7.03. The number of anilines is 1. The minimum absolute atomic E-state index is 0.0898. The minimum atomic E-state index is -0.792. The number of benzene rings is 1. The lowest BCUT2D eigenvalue weighted by Gasteiger charge is -2.29. The average molecular weight is 514 g/mol. The van der Waals surface area contributed by atoms with E-state index in [0.717, 1.165) is 5.69 Å². The van der Waals surface area contributed by atoms with Crippen molar-refractivity contribution in [1.82, 2.24) is 20.4 Å². The molecule has 0 unspecified atom stereocenters. The molecule has 10 heteroatoms. The summed E-state index contributed by atoms with van der Waals surface area (Å²) < 4.78 is 0. The zero-order valence-corrected chi connectivity index (χ0v) is 22.6. The minimum Gasteiger partial charge on any atom is -0.378 e. The molecule has 2 saturated heterocycles. The van der Waals surface area contributed by atoms with Crippen LogP contribution in [-0.4, -0.2) is 90.6 Å². The van der Waals surface area contributed by atoms with Crippen molar-refractivity contribution in [3.05, 3.63) is 29.8 Å². The summed E-state index contributed by atoms with van der Waals surface area (Å²) in [6.07, 6.45) is 1.30. The van der Waals surface area contributed by atoms with Crippen LogP contribution in [0.4, 0.5) is 5.69 Å². The summed E-state index contributed by atoms with van der Waals surface area (Å²) in [6, 6.07) is 4.45. The van der Waals surface area contributed by atoms with Crippen LogP contribution in [0.3, 0.4) is 0 Å². The highest BCUT2D eigenvalue weighted by Crippen LogP contribution is 2.31. The van der Waals surface area contributed by atoms with E-state index in [2.05, 4.69) is 10.6 Å². The molecule has 37 heavy (non-hydrogen) atoms. The Balaban J connectivity index is 1.76. The van der Waals surface area contributed by atoms with Gasteiger partial charge in [0.25, 0.3) is 5.91 Å². The van der Waals surface area contributed by atoms with Gasteiger partial charge in [-0.05, 0) is 49.4 Å². The van der Waals surface area contributed by atoms with Crippen molar-refractivity contribution in [2.75, 3.05) is 32.1 Å². The van der Waals surface area contributed by atoms with Crippen molar-refractivity contribution in [2.45, 2.75) is 71.1 Å². The molecule has 0 spiro atoms. The lowest BCUT2D eigenvalue weighted by molar-refractivity contribution is -0.138. The molecule has 0 bridgehead atoms. The van der Waals surface area contributed by atoms with E-state index >= 15 is 0 Å². The van der Waals surface area contributed by atoms with Crippen LogP contribution < -0.4 is 15.5 Å². The van der Waals surface area contributed by atoms with E-state index in [-0.39, 0.29) is 41.9 Å². The zero-order valence-electron chi connectivity index (χ0n) is 22.6. The van der Waals surface area contributed by atoms with Gasteiger partial charge in [0.15, 0.2) is 5.78 Å². The van der Waals surface area contributed by atoms with Gasteiger partial charge in [-0.15, -0.1) is 0 Å². The highest BCUT2D eigenvalue weighted by Gasteiger charge is 2.52. The molecule has 0 aliphatic carbocycles. The van der Waals surface area contributed by atoms with Crippen LogP contribution in [0.15, 0.2) is 24.3 Å². The molecule has 4 atom stereocenters. The number of likely N-dealkylation sites (tertiary alicyclic amines) is 2. The molecule has 1 aromatic rings. The van der Waals surface area contributed by atoms with E-state index in [1.165, 1.54) is 16.7 Å². The first-order valence-electron chi connectivity index (χ1n) is 12.9. The van der Waals surface area contributed by atoms with Crippen LogP contribution in [0.25, 0.3) is 0 Å². The van der Waals surface area contributed by atoms with Gasteiger partial charge in [0.1, 0.15) is 18.1 Å². The standard InChI is InChI=1S/C27H39N5O5/c1-7-20(28-17(4)33)26(36)32-15-23(34)24-22(32)12-13-31(24)27(37)21(14-16(2)3)29-25(35)18-8-10-19(11-9-18)30(5)6/h8-11,16,20-22,24H,7,12-15H2,1-6H3,(H,28,33)(H,29,35)/t20-,21-,22+,24-/m0/s1. The molecule has 202 valence electrons. The van der Waals surface area contributed by atoms with Crippen molar-refractivity contribution >= 4 is 35.1 Å². The second-order valence-corrected chi connectivity index (χ2v) is 10.5. The van der Waals surface area contributed by atoms with E-state index in [9.17, 15) is 24.0 Å². The number of Topliss-reactive ketones (excluding diaryl/α,β-unsaturated/α-hetero) is 1. The quantitative estimate of drug-likeness (QED) is 0.512. The molecule has 0 radical (unpaired) electrons. The summed E-state index contributed by atoms with van der Waals surface area (Å²) in [7, 11) is 3.83. The second kappa shape index (κ2) is 11.7. The van der Waals surface area contributed by atoms with Gasteiger partial charge in [-0.2, -0.15) is 0 Å². The lowest BCUT2D eigenvalue weighted by Crippen LogP contribution is -2.53. The summed E-state index contributed by atoms with van der Waals surface area (Å²) >= 11 is 0. The van der Waals surface area contributed by atoms with Gasteiger partial charge in [0.05, 0.1) is 12.6 Å². The first kappa shape index (κ1) is 28.1. The summed E-state index contributed by atoms with van der Waals surface area (Å²) in [4.78, 5) is 69.3. The molecule has 2 fully saturated rings. The number of hydrogen-bond acceptors (Lipinski definition) is 6. The fraction of sp³-hybridized carbons (Fsp3) is 0.593. The number of hydrogen-bond donors (Lipinski definition) is 2. The number of carbonyl (C=O) groups excluding carboxylic acids is 5. The van der Waals surface area contributed by atoms with E-state index < -0.39 is 24.2 Å². The summed E-state index contributed by atoms with van der Waals surface area (Å²) in [6.45, 7) is 7.32. The maximum atomic E-state index is 13.7. The number of rotatable bonds is 9. The maximum Gasteiger partial charge on any atom is 0.251 e. The van der Waals surface area contributed by atoms with Gasteiger partial charge >= 0.3 is 0 Å². The number of carbonyl (C=O) groups is 5. The molecule has 3 rings (SSSR count). The van der Waals surface area contributed by atoms with Gasteiger partial charge in [0.2, 0.25) is 17.7 Å². The van der Waals surface area contributed by atoms with Crippen LogP contribution in [0, 0.1) is 5.92 Å². The van der Waals surface area contributed by atoms with Crippen LogP contribution in [0.5, 0.6) is 0 Å². The fourth-order valence-corrected chi connectivity index (χ4v) is 5.19. The smallest absolute Gasteiger partial charge is 0.251 e. The number of amides is 4. The van der Waals surface area contributed by atoms with Crippen LogP contribution in [0.1, 0.15) is 57.3 Å². The molecule has 0 saturated carbocycles. The van der Waals surface area contributed by atoms with Gasteiger partial charge in [0, 0.05) is 38.8 Å². The topological polar surface area (TPSA) is 119 Å². The number of fused-ring (bicyclic) bond motifs is 1. The van der Waals surface area contributed by atoms with Crippen LogP contribution >= 0.6 is 0 Å². The highest BCUT2D eigenvalue weighted by molar-refractivity contribution is 6.01. The van der Waals surface area contributed by atoms with Crippen LogP contribution in [-0.2, 0) is 19.2 Å². The van der Waals surface area contributed by atoms with E-state index in [1.807, 2.05) is 45.0 Å². The monoisotopic (exact) mass is 513 g/mol. The predicted octanol–water partition coefficient (Wildman–Crippen LogP) is 1.19. The Morgan fingerprint density at radius 3 is 2.16 bits per heavy atom. The highest BCUT2D eigenvalue weighted by atomic mass is 16.2. The van der Waals surface area contributed by atoms with Crippen molar-refractivity contribution < 1.29 is 24.0 Å². The summed E-state index contributed by atoms with van der Waals surface area (Å²) in [5.74, 6) is -1.35. The van der Waals surface area contributed by atoms with Crippen molar-refractivity contribution in [3.8, 4) is 0 Å². The third kappa shape index (κ3) is 6.29. The van der Waals surface area contributed by atoms with Crippen molar-refractivity contribution in [2.24, 2.45) is 5.92 Å². The predicted molar refractivity (Wildman–Crippen MR) is 140 cm³/mol. The molecule has 4 amide bonds. The molecular weight excluding hydrogens is 474 g/mol. The largest absolute Gasteiger partial charge is 0.378 e. The second-order valence-electron chi connectivity index (χ2n) is 10.5. The Morgan fingerprint density at radius 2 is 1.62 bits per heavy atom. The van der Waals surface area contributed by atoms with Gasteiger partial charge < -0.3 is 25.3 Å². The normalized spacial score (nSPS) is 20.5. The molecule has 10 nitrogen and oxygen atoms in total. The van der Waals surface area contributed by atoms with E-state index in [1.54, 1.807) is 19.1 Å². The zero-order chi connectivity index (χ0) is 27.4. The van der Waals surface area contributed by atoms with Crippen molar-refractivity contribution in [1.29, 1.82) is 0 Å². The summed E-state index contributed by atoms with van der Waals surface area (Å²) in [5.41, 5.74) is 1.40. The average Bonchev–Trinajstić information content (AvgIpc) is 3.42. The Bertz CT molecular complexity index is 1040. The molecule has 1 aromatic carbocycles. The SMILES string of the molecule is CC[C@H](NC(C)=O)C(=O)N1CC(=O)[C@@H]2[C@H]1CCN2C(=O)[C@H](CC(C)C)NC(=O)c1ccc(N(C)C)cc1. The van der Waals surface area contributed by atoms with Crippen LogP contribution in [0.2, 0.25) is 0 Å². The molecule has 2 aliphatic heterocycles. The molecule has 2 aliphatic rings.